The van der Waals surface area contributed by atoms with Crippen LogP contribution in [0, 0.1) is 13.8 Å². The summed E-state index contributed by atoms with van der Waals surface area (Å²) in [7, 11) is 0. The van der Waals surface area contributed by atoms with Gasteiger partial charge in [-0.25, -0.2) is 9.78 Å². The minimum absolute atomic E-state index is 0.355. The first-order valence-electron chi connectivity index (χ1n) is 3.60. The highest BCUT2D eigenvalue weighted by atomic mass is 16.1. The summed E-state index contributed by atoms with van der Waals surface area (Å²) in [6.07, 6.45) is 0. The van der Waals surface area contributed by atoms with Crippen molar-refractivity contribution in [2.75, 3.05) is 0 Å². The number of rotatable bonds is 0. The van der Waals surface area contributed by atoms with Crippen molar-refractivity contribution in [2.45, 2.75) is 13.8 Å². The van der Waals surface area contributed by atoms with E-state index in [4.69, 9.17) is 0 Å². The van der Waals surface area contributed by atoms with Gasteiger partial charge >= 0.3 is 5.69 Å². The Morgan fingerprint density at radius 2 is 1.92 bits per heavy atom. The third-order valence-corrected chi connectivity index (χ3v) is 1.68. The van der Waals surface area contributed by atoms with E-state index >= 15 is 0 Å². The van der Waals surface area contributed by atoms with Crippen LogP contribution in [0.15, 0.2) is 4.79 Å². The zero-order chi connectivity index (χ0) is 8.72. The molecule has 0 aromatic carbocycles. The zero-order valence-electron chi connectivity index (χ0n) is 6.80. The lowest BCUT2D eigenvalue weighted by molar-refractivity contribution is 1.06. The van der Waals surface area contributed by atoms with Gasteiger partial charge in [0.2, 0.25) is 0 Å². The third-order valence-electron chi connectivity index (χ3n) is 1.68. The quantitative estimate of drug-likeness (QED) is 0.586. The fourth-order valence-electron chi connectivity index (χ4n) is 1.17. The van der Waals surface area contributed by atoms with Crippen LogP contribution in [0.25, 0.3) is 11.2 Å². The van der Waals surface area contributed by atoms with Gasteiger partial charge in [0.15, 0.2) is 5.65 Å². The van der Waals surface area contributed by atoms with Gasteiger partial charge in [-0.1, -0.05) is 0 Å². The highest BCUT2D eigenvalue weighted by molar-refractivity contribution is 5.72. The molecule has 0 amide bonds. The molecule has 0 saturated carbocycles. The highest BCUT2D eigenvalue weighted by Crippen LogP contribution is 2.07. The van der Waals surface area contributed by atoms with Crippen LogP contribution in [-0.4, -0.2) is 19.9 Å². The summed E-state index contributed by atoms with van der Waals surface area (Å²) in [4.78, 5) is 24.2. The van der Waals surface area contributed by atoms with Crippen LogP contribution >= 0.6 is 0 Å². The summed E-state index contributed by atoms with van der Waals surface area (Å²) >= 11 is 0. The monoisotopic (exact) mass is 164 g/mol. The SMILES string of the molecule is Cc1nc2nc(=O)[nH]c(C)c2[nH]1. The second-order valence-electron chi connectivity index (χ2n) is 2.69. The Morgan fingerprint density at radius 3 is 2.67 bits per heavy atom. The van der Waals surface area contributed by atoms with Gasteiger partial charge in [-0.2, -0.15) is 4.98 Å². The van der Waals surface area contributed by atoms with Crippen LogP contribution in [0.4, 0.5) is 0 Å². The molecule has 5 heteroatoms. The van der Waals surface area contributed by atoms with Crippen molar-refractivity contribution < 1.29 is 0 Å². The third kappa shape index (κ3) is 0.903. The van der Waals surface area contributed by atoms with Gasteiger partial charge in [-0.05, 0) is 13.8 Å². The van der Waals surface area contributed by atoms with Gasteiger partial charge < -0.3 is 9.97 Å². The summed E-state index contributed by atoms with van der Waals surface area (Å²) in [6, 6.07) is 0. The van der Waals surface area contributed by atoms with Crippen LogP contribution < -0.4 is 5.69 Å². The number of nitrogens with zero attached hydrogens (tertiary/aromatic N) is 2. The molecule has 2 rings (SSSR count). The highest BCUT2D eigenvalue weighted by Gasteiger charge is 2.03. The predicted molar refractivity (Wildman–Crippen MR) is 44.0 cm³/mol. The summed E-state index contributed by atoms with van der Waals surface area (Å²) in [6.45, 7) is 3.63. The first kappa shape index (κ1) is 7.02. The van der Waals surface area contributed by atoms with Crippen LogP contribution in [-0.2, 0) is 0 Å². The second-order valence-corrected chi connectivity index (χ2v) is 2.69. The van der Waals surface area contributed by atoms with Gasteiger partial charge in [0.05, 0.1) is 0 Å². The Kier molecular flexibility index (Phi) is 1.27. The standard InChI is InChI=1S/C7H8N4O/c1-3-5-6(10-4(2)9-5)11-7(12)8-3/h1-2H3,(H2,8,9,10,11,12). The molecule has 0 fully saturated rings. The van der Waals surface area contributed by atoms with E-state index < -0.39 is 0 Å². The van der Waals surface area contributed by atoms with Crippen molar-refractivity contribution >= 4 is 11.2 Å². The molecule has 2 heterocycles. The molecule has 0 aliphatic heterocycles. The maximum absolute atomic E-state index is 10.9. The van der Waals surface area contributed by atoms with Gasteiger partial charge in [-0.15, -0.1) is 0 Å². The van der Waals surface area contributed by atoms with E-state index in [1.807, 2.05) is 13.8 Å². The van der Waals surface area contributed by atoms with Crippen molar-refractivity contribution in [1.82, 2.24) is 19.9 Å². The number of aromatic nitrogens is 4. The molecule has 0 unspecified atom stereocenters. The van der Waals surface area contributed by atoms with Crippen molar-refractivity contribution in [3.8, 4) is 0 Å². The van der Waals surface area contributed by atoms with Crippen molar-refractivity contribution in [2.24, 2.45) is 0 Å². The molecule has 12 heavy (non-hydrogen) atoms. The molecule has 5 nitrogen and oxygen atoms in total. The lowest BCUT2D eigenvalue weighted by atomic mass is 10.4. The minimum Gasteiger partial charge on any atom is -0.339 e. The number of fused-ring (bicyclic) bond motifs is 1. The van der Waals surface area contributed by atoms with Crippen molar-refractivity contribution in [3.05, 3.63) is 22.0 Å². The number of imidazole rings is 1. The molecule has 2 aromatic rings. The van der Waals surface area contributed by atoms with E-state index in [9.17, 15) is 4.79 Å². The molecule has 0 radical (unpaired) electrons. The first-order valence-corrected chi connectivity index (χ1v) is 3.60. The summed E-state index contributed by atoms with van der Waals surface area (Å²) in [5.74, 6) is 0.764. The van der Waals surface area contributed by atoms with Crippen LogP contribution in [0.5, 0.6) is 0 Å². The average Bonchev–Trinajstić information content (AvgIpc) is 2.29. The Balaban J connectivity index is 2.97. The Morgan fingerprint density at radius 1 is 1.17 bits per heavy atom. The number of hydrogen-bond acceptors (Lipinski definition) is 3. The molecule has 0 atom stereocenters. The Labute approximate surface area is 67.9 Å². The number of aromatic amines is 2. The van der Waals surface area contributed by atoms with Crippen molar-refractivity contribution in [1.29, 1.82) is 0 Å². The average molecular weight is 164 g/mol. The smallest absolute Gasteiger partial charge is 0.339 e. The van der Waals surface area contributed by atoms with Gasteiger partial charge in [0, 0.05) is 5.69 Å². The van der Waals surface area contributed by atoms with Gasteiger partial charge in [-0.3, -0.25) is 0 Å². The fourth-order valence-corrected chi connectivity index (χ4v) is 1.17. The molecule has 0 spiro atoms. The molecule has 0 aliphatic carbocycles. The van der Waals surface area contributed by atoms with E-state index in [2.05, 4.69) is 19.9 Å². The molecular formula is C7H8N4O. The minimum atomic E-state index is -0.355. The van der Waals surface area contributed by atoms with Crippen LogP contribution in [0.2, 0.25) is 0 Å². The zero-order valence-corrected chi connectivity index (χ0v) is 6.80. The topological polar surface area (TPSA) is 74.4 Å². The second kappa shape index (κ2) is 2.17. The summed E-state index contributed by atoms with van der Waals surface area (Å²) in [5, 5.41) is 0. The van der Waals surface area contributed by atoms with Gasteiger partial charge in [0.1, 0.15) is 11.3 Å². The lowest BCUT2D eigenvalue weighted by Gasteiger charge is -1.90. The van der Waals surface area contributed by atoms with E-state index in [0.717, 1.165) is 17.0 Å². The van der Waals surface area contributed by atoms with Crippen LogP contribution in [0.1, 0.15) is 11.5 Å². The Bertz CT molecular complexity index is 482. The van der Waals surface area contributed by atoms with Gasteiger partial charge in [0.25, 0.3) is 0 Å². The molecule has 2 aromatic heterocycles. The molecule has 2 N–H and O–H groups in total. The van der Waals surface area contributed by atoms with E-state index in [1.165, 1.54) is 0 Å². The Hall–Kier alpha value is -1.65. The molecular weight excluding hydrogens is 156 g/mol. The fraction of sp³-hybridized carbons (Fsp3) is 0.286. The van der Waals surface area contributed by atoms with Crippen LogP contribution in [0.3, 0.4) is 0 Å². The van der Waals surface area contributed by atoms with E-state index in [-0.39, 0.29) is 5.69 Å². The molecule has 0 aliphatic rings. The number of H-pyrrole nitrogens is 2. The molecule has 62 valence electrons. The normalized spacial score (nSPS) is 10.8. The largest absolute Gasteiger partial charge is 0.347 e. The number of aryl methyl sites for hydroxylation is 2. The number of hydrogen-bond donors (Lipinski definition) is 2. The maximum atomic E-state index is 10.9. The molecule has 0 bridgehead atoms. The summed E-state index contributed by atoms with van der Waals surface area (Å²) < 4.78 is 0. The van der Waals surface area contributed by atoms with E-state index in [0.29, 0.717) is 5.65 Å². The first-order chi connectivity index (χ1) is 5.66. The maximum Gasteiger partial charge on any atom is 0.347 e. The predicted octanol–water partition coefficient (Wildman–Crippen LogP) is 0.263. The molecule has 0 saturated heterocycles. The lowest BCUT2D eigenvalue weighted by Crippen LogP contribution is -2.11. The summed E-state index contributed by atoms with van der Waals surface area (Å²) in [5.41, 5.74) is 1.69. The van der Waals surface area contributed by atoms with Crippen molar-refractivity contribution in [3.63, 3.8) is 0 Å². The van der Waals surface area contributed by atoms with E-state index in [1.54, 1.807) is 0 Å². The number of nitrogens with one attached hydrogen (secondary N) is 2.